The number of nitrogens with zero attached hydrogens (tertiary/aromatic N) is 3. The second-order valence-corrected chi connectivity index (χ2v) is 6.29. The Hall–Kier alpha value is -2.24. The van der Waals surface area contributed by atoms with Crippen LogP contribution in [0.25, 0.3) is 0 Å². The second-order valence-electron chi connectivity index (χ2n) is 6.29. The summed E-state index contributed by atoms with van der Waals surface area (Å²) in [5.74, 6) is 0. The van der Waals surface area contributed by atoms with Crippen molar-refractivity contribution in [2.45, 2.75) is 26.4 Å². The first-order valence-corrected chi connectivity index (χ1v) is 7.39. The Morgan fingerprint density at radius 2 is 1.77 bits per heavy atom. The number of hydrogen-bond acceptors (Lipinski definition) is 5. The molecule has 6 nitrogen and oxygen atoms in total. The highest BCUT2D eigenvalue weighted by Gasteiger charge is 2.25. The number of piperazine rings is 1. The van der Waals surface area contributed by atoms with Crippen LogP contribution in [0.15, 0.2) is 29.4 Å². The van der Waals surface area contributed by atoms with Gasteiger partial charge >= 0.3 is 6.09 Å². The van der Waals surface area contributed by atoms with E-state index in [2.05, 4.69) is 10.1 Å². The smallest absolute Gasteiger partial charge is 0.410 e. The molecule has 1 aliphatic rings. The van der Waals surface area contributed by atoms with Gasteiger partial charge < -0.3 is 19.7 Å². The van der Waals surface area contributed by atoms with Crippen LogP contribution in [0.5, 0.6) is 0 Å². The zero-order valence-corrected chi connectivity index (χ0v) is 13.3. The van der Waals surface area contributed by atoms with E-state index in [1.54, 1.807) is 4.90 Å². The Morgan fingerprint density at radius 3 is 2.27 bits per heavy atom. The fraction of sp³-hybridized carbons (Fsp3) is 0.500. The first kappa shape index (κ1) is 16.1. The summed E-state index contributed by atoms with van der Waals surface area (Å²) in [5, 5.41) is 11.5. The van der Waals surface area contributed by atoms with Crippen molar-refractivity contribution in [1.82, 2.24) is 4.90 Å². The molecule has 0 radical (unpaired) electrons. The van der Waals surface area contributed by atoms with Crippen LogP contribution in [0.4, 0.5) is 10.5 Å². The average Bonchev–Trinajstić information content (AvgIpc) is 2.47. The topological polar surface area (TPSA) is 65.4 Å². The summed E-state index contributed by atoms with van der Waals surface area (Å²) in [6.07, 6.45) is 1.14. The van der Waals surface area contributed by atoms with Crippen molar-refractivity contribution in [1.29, 1.82) is 0 Å². The Kier molecular flexibility index (Phi) is 4.90. The standard InChI is InChI=1S/C16H23N3O3/c1-16(2,3)22-15(20)19-10-8-18(9-11-19)14-6-4-13(5-7-14)12-17-21/h4-7,12,21H,8-11H2,1-3H3/b17-12+. The van der Waals surface area contributed by atoms with Gasteiger partial charge in [0.1, 0.15) is 5.60 Å². The first-order chi connectivity index (χ1) is 10.4. The lowest BCUT2D eigenvalue weighted by molar-refractivity contribution is 0.0240. The minimum Gasteiger partial charge on any atom is -0.444 e. The van der Waals surface area contributed by atoms with Crippen molar-refractivity contribution >= 4 is 18.0 Å². The Balaban J connectivity index is 1.90. The van der Waals surface area contributed by atoms with E-state index < -0.39 is 5.60 Å². The SMILES string of the molecule is CC(C)(C)OC(=O)N1CCN(c2ccc(/C=N/O)cc2)CC1. The molecule has 0 spiro atoms. The van der Waals surface area contributed by atoms with Gasteiger partial charge in [0.2, 0.25) is 0 Å². The molecule has 1 aliphatic heterocycles. The third-order valence-corrected chi connectivity index (χ3v) is 3.40. The second kappa shape index (κ2) is 6.68. The maximum absolute atomic E-state index is 12.0. The zero-order chi connectivity index (χ0) is 16.2. The van der Waals surface area contributed by atoms with Crippen molar-refractivity contribution in [3.63, 3.8) is 0 Å². The maximum Gasteiger partial charge on any atom is 0.410 e. The molecule has 1 amide bonds. The van der Waals surface area contributed by atoms with Crippen molar-refractivity contribution in [2.24, 2.45) is 5.16 Å². The highest BCUT2D eigenvalue weighted by Crippen LogP contribution is 2.18. The molecule has 2 rings (SSSR count). The number of ether oxygens (including phenoxy) is 1. The van der Waals surface area contributed by atoms with Gasteiger partial charge in [0.25, 0.3) is 0 Å². The third-order valence-electron chi connectivity index (χ3n) is 3.40. The molecule has 6 heteroatoms. The van der Waals surface area contributed by atoms with Crippen LogP contribution in [0, 0.1) is 0 Å². The molecule has 1 fully saturated rings. The van der Waals surface area contributed by atoms with Crippen molar-refractivity contribution < 1.29 is 14.7 Å². The van der Waals surface area contributed by atoms with E-state index in [0.717, 1.165) is 24.3 Å². The number of benzene rings is 1. The summed E-state index contributed by atoms with van der Waals surface area (Å²) in [5.41, 5.74) is 1.48. The first-order valence-electron chi connectivity index (χ1n) is 7.39. The fourth-order valence-corrected chi connectivity index (χ4v) is 2.31. The van der Waals surface area contributed by atoms with Crippen LogP contribution in [-0.2, 0) is 4.74 Å². The highest BCUT2D eigenvalue weighted by molar-refractivity contribution is 5.79. The molecule has 1 saturated heterocycles. The molecule has 1 heterocycles. The van der Waals surface area contributed by atoms with Gasteiger partial charge in [-0.3, -0.25) is 0 Å². The van der Waals surface area contributed by atoms with E-state index in [9.17, 15) is 4.79 Å². The zero-order valence-electron chi connectivity index (χ0n) is 13.3. The van der Waals surface area contributed by atoms with Gasteiger partial charge in [0.05, 0.1) is 6.21 Å². The van der Waals surface area contributed by atoms with Gasteiger partial charge in [0, 0.05) is 31.9 Å². The highest BCUT2D eigenvalue weighted by atomic mass is 16.6. The van der Waals surface area contributed by atoms with Crippen LogP contribution in [0.2, 0.25) is 0 Å². The number of oxime groups is 1. The monoisotopic (exact) mass is 305 g/mol. The number of hydrogen-bond donors (Lipinski definition) is 1. The van der Waals surface area contributed by atoms with Gasteiger partial charge in [-0.05, 0) is 38.5 Å². The third kappa shape index (κ3) is 4.38. The van der Waals surface area contributed by atoms with E-state index in [1.807, 2.05) is 45.0 Å². The van der Waals surface area contributed by atoms with Crippen LogP contribution in [-0.4, -0.2) is 54.2 Å². The van der Waals surface area contributed by atoms with Crippen molar-refractivity contribution in [3.05, 3.63) is 29.8 Å². The largest absolute Gasteiger partial charge is 0.444 e. The summed E-state index contributed by atoms with van der Waals surface area (Å²) < 4.78 is 5.39. The van der Waals surface area contributed by atoms with Crippen LogP contribution in [0.1, 0.15) is 26.3 Å². The summed E-state index contributed by atoms with van der Waals surface area (Å²) in [6.45, 7) is 8.46. The fourth-order valence-electron chi connectivity index (χ4n) is 2.31. The van der Waals surface area contributed by atoms with E-state index in [4.69, 9.17) is 9.94 Å². The molecule has 1 N–H and O–H groups in total. The molecule has 22 heavy (non-hydrogen) atoms. The minimum absolute atomic E-state index is 0.248. The molecule has 0 bridgehead atoms. The van der Waals surface area contributed by atoms with Crippen molar-refractivity contribution in [3.8, 4) is 0 Å². The number of rotatable bonds is 2. The van der Waals surface area contributed by atoms with Crippen LogP contribution >= 0.6 is 0 Å². The lowest BCUT2D eigenvalue weighted by atomic mass is 10.2. The molecule has 120 valence electrons. The van der Waals surface area contributed by atoms with Gasteiger partial charge in [-0.2, -0.15) is 0 Å². The van der Waals surface area contributed by atoms with E-state index in [0.29, 0.717) is 13.1 Å². The van der Waals surface area contributed by atoms with E-state index >= 15 is 0 Å². The number of anilines is 1. The summed E-state index contributed by atoms with van der Waals surface area (Å²) in [7, 11) is 0. The molecular formula is C16H23N3O3. The van der Waals surface area contributed by atoms with Gasteiger partial charge in [0.15, 0.2) is 0 Å². The molecular weight excluding hydrogens is 282 g/mol. The number of amides is 1. The number of carbonyl (C=O) groups excluding carboxylic acids is 1. The van der Waals surface area contributed by atoms with Crippen molar-refractivity contribution in [2.75, 3.05) is 31.1 Å². The lowest BCUT2D eigenvalue weighted by Gasteiger charge is -2.36. The molecule has 0 saturated carbocycles. The molecule has 0 aliphatic carbocycles. The normalized spacial score (nSPS) is 16.1. The van der Waals surface area contributed by atoms with Gasteiger partial charge in [-0.1, -0.05) is 17.3 Å². The predicted octanol–water partition coefficient (Wildman–Crippen LogP) is 2.55. The lowest BCUT2D eigenvalue weighted by Crippen LogP contribution is -2.50. The summed E-state index contributed by atoms with van der Waals surface area (Å²) >= 11 is 0. The molecule has 0 unspecified atom stereocenters. The average molecular weight is 305 g/mol. The number of carbonyl (C=O) groups is 1. The molecule has 1 aromatic carbocycles. The summed E-state index contributed by atoms with van der Waals surface area (Å²) in [4.78, 5) is 16.0. The quantitative estimate of drug-likeness (QED) is 0.518. The Labute approximate surface area is 131 Å². The molecule has 0 aromatic heterocycles. The van der Waals surface area contributed by atoms with E-state index in [1.165, 1.54) is 6.21 Å². The van der Waals surface area contributed by atoms with Crippen LogP contribution < -0.4 is 4.90 Å². The Morgan fingerprint density at radius 1 is 1.18 bits per heavy atom. The predicted molar refractivity (Wildman–Crippen MR) is 85.8 cm³/mol. The summed E-state index contributed by atoms with van der Waals surface area (Å²) in [6, 6.07) is 7.77. The minimum atomic E-state index is -0.460. The van der Waals surface area contributed by atoms with Crippen LogP contribution in [0.3, 0.4) is 0 Å². The molecule has 0 atom stereocenters. The molecule has 1 aromatic rings. The maximum atomic E-state index is 12.0. The van der Waals surface area contributed by atoms with E-state index in [-0.39, 0.29) is 6.09 Å². The van der Waals surface area contributed by atoms with Gasteiger partial charge in [-0.15, -0.1) is 0 Å². The Bertz CT molecular complexity index is 527. The van der Waals surface area contributed by atoms with Gasteiger partial charge in [-0.25, -0.2) is 4.79 Å².